The smallest absolute Gasteiger partial charge is 0.421 e. The highest BCUT2D eigenvalue weighted by Crippen LogP contribution is 1.86. The zero-order chi connectivity index (χ0) is 12.1. The molecule has 0 saturated heterocycles. The minimum absolute atomic E-state index is 0.0845. The van der Waals surface area contributed by atoms with Gasteiger partial charge in [-0.3, -0.25) is 0 Å². The fraction of sp³-hybridized carbons (Fsp3) is 0.615. The molecule has 3 heteroatoms. The fourth-order valence-corrected chi connectivity index (χ4v) is 0.761. The molecule has 0 heterocycles. The lowest BCUT2D eigenvalue weighted by atomic mass is 10.3. The van der Waals surface area contributed by atoms with E-state index in [2.05, 4.69) is 23.7 Å². The normalized spacial score (nSPS) is 8.12. The van der Waals surface area contributed by atoms with Crippen molar-refractivity contribution >= 4 is 6.16 Å². The van der Waals surface area contributed by atoms with Gasteiger partial charge in [-0.1, -0.05) is 37.5 Å². The van der Waals surface area contributed by atoms with Crippen LogP contribution in [-0.2, 0) is 9.47 Å². The number of carbonyl (C=O) groups excluding carboxylic acids is 1. The number of ether oxygens (including phenoxy) is 2. The van der Waals surface area contributed by atoms with Gasteiger partial charge in [0.15, 0.2) is 13.2 Å². The predicted molar refractivity (Wildman–Crippen MR) is 62.7 cm³/mol. The Balaban J connectivity index is 3.47. The molecule has 0 aromatic carbocycles. The molecule has 0 N–H and O–H groups in total. The minimum atomic E-state index is -0.711. The summed E-state index contributed by atoms with van der Waals surface area (Å²) in [5.41, 5.74) is 0. The first kappa shape index (κ1) is 14.4. The fourth-order valence-electron chi connectivity index (χ4n) is 0.761. The first-order valence-electron chi connectivity index (χ1n) is 5.52. The van der Waals surface area contributed by atoms with Crippen molar-refractivity contribution < 1.29 is 14.3 Å². The molecule has 0 rings (SSSR count). The molecule has 0 aromatic rings. The van der Waals surface area contributed by atoms with Gasteiger partial charge < -0.3 is 9.47 Å². The van der Waals surface area contributed by atoms with E-state index in [1.165, 1.54) is 0 Å². The molecular weight excluding hydrogens is 204 g/mol. The van der Waals surface area contributed by atoms with Gasteiger partial charge >= 0.3 is 6.16 Å². The Morgan fingerprint density at radius 1 is 0.875 bits per heavy atom. The average Bonchev–Trinajstić information content (AvgIpc) is 2.28. The van der Waals surface area contributed by atoms with Crippen LogP contribution < -0.4 is 0 Å². The molecule has 0 aliphatic rings. The Morgan fingerprint density at radius 2 is 1.31 bits per heavy atom. The summed E-state index contributed by atoms with van der Waals surface area (Å²) in [7, 11) is 0. The lowest BCUT2D eigenvalue weighted by Gasteiger charge is -1.98. The van der Waals surface area contributed by atoms with E-state index in [-0.39, 0.29) is 13.2 Å². The van der Waals surface area contributed by atoms with Crippen molar-refractivity contribution in [1.29, 1.82) is 0 Å². The highest BCUT2D eigenvalue weighted by molar-refractivity contribution is 5.60. The molecule has 0 fully saturated rings. The summed E-state index contributed by atoms with van der Waals surface area (Å²) in [5, 5.41) is 0. The van der Waals surface area contributed by atoms with E-state index in [1.54, 1.807) is 0 Å². The Morgan fingerprint density at radius 3 is 1.69 bits per heavy atom. The highest BCUT2D eigenvalue weighted by atomic mass is 16.7. The third-order valence-electron chi connectivity index (χ3n) is 1.52. The Kier molecular flexibility index (Phi) is 10.3. The van der Waals surface area contributed by atoms with Crippen LogP contribution in [0.5, 0.6) is 0 Å². The molecular formula is C13H18O3. The van der Waals surface area contributed by atoms with Gasteiger partial charge in [0.1, 0.15) is 0 Å². The number of carbonyl (C=O) groups is 1. The van der Waals surface area contributed by atoms with Crippen molar-refractivity contribution in [3.05, 3.63) is 0 Å². The largest absolute Gasteiger partial charge is 0.510 e. The zero-order valence-corrected chi connectivity index (χ0v) is 9.97. The summed E-state index contributed by atoms with van der Waals surface area (Å²) >= 11 is 0. The maximum absolute atomic E-state index is 10.9. The van der Waals surface area contributed by atoms with E-state index < -0.39 is 6.16 Å². The molecule has 3 nitrogen and oxygen atoms in total. The van der Waals surface area contributed by atoms with Gasteiger partial charge in [-0.2, -0.15) is 0 Å². The minimum Gasteiger partial charge on any atom is -0.421 e. The van der Waals surface area contributed by atoms with Crippen LogP contribution in [0.15, 0.2) is 0 Å². The summed E-state index contributed by atoms with van der Waals surface area (Å²) in [5.74, 6) is 11.2. The van der Waals surface area contributed by atoms with Crippen molar-refractivity contribution in [2.45, 2.75) is 39.5 Å². The van der Waals surface area contributed by atoms with Crippen LogP contribution in [0.4, 0.5) is 4.79 Å². The Bertz CT molecular complexity index is 269. The van der Waals surface area contributed by atoms with E-state index in [1.807, 2.05) is 13.8 Å². The second-order valence-corrected chi connectivity index (χ2v) is 3.03. The van der Waals surface area contributed by atoms with Crippen LogP contribution in [0, 0.1) is 23.7 Å². The van der Waals surface area contributed by atoms with Crippen LogP contribution in [0.2, 0.25) is 0 Å². The van der Waals surface area contributed by atoms with Gasteiger partial charge in [0.05, 0.1) is 0 Å². The summed E-state index contributed by atoms with van der Waals surface area (Å²) < 4.78 is 9.39. The molecule has 0 aromatic heterocycles. The quantitative estimate of drug-likeness (QED) is 0.542. The van der Waals surface area contributed by atoms with Crippen molar-refractivity contribution in [2.24, 2.45) is 0 Å². The molecule has 0 aliphatic heterocycles. The van der Waals surface area contributed by atoms with Crippen LogP contribution in [0.25, 0.3) is 0 Å². The summed E-state index contributed by atoms with van der Waals surface area (Å²) in [6.07, 6.45) is 2.94. The molecule has 0 radical (unpaired) electrons. The first-order valence-corrected chi connectivity index (χ1v) is 5.52. The summed E-state index contributed by atoms with van der Waals surface area (Å²) in [4.78, 5) is 10.9. The maximum atomic E-state index is 10.9. The SMILES string of the molecule is CCCC#CCOC(=O)OCC#CCCC. The molecule has 0 amide bonds. The molecule has 0 atom stereocenters. The van der Waals surface area contributed by atoms with E-state index in [0.717, 1.165) is 25.7 Å². The second kappa shape index (κ2) is 11.5. The molecule has 88 valence electrons. The average molecular weight is 222 g/mol. The number of unbranched alkanes of at least 4 members (excludes halogenated alkanes) is 2. The van der Waals surface area contributed by atoms with E-state index in [4.69, 9.17) is 9.47 Å². The van der Waals surface area contributed by atoms with Gasteiger partial charge in [-0.15, -0.1) is 0 Å². The first-order chi connectivity index (χ1) is 7.81. The Hall–Kier alpha value is -1.61. The number of hydrogen-bond acceptors (Lipinski definition) is 3. The molecule has 0 saturated carbocycles. The lowest BCUT2D eigenvalue weighted by Crippen LogP contribution is -2.07. The topological polar surface area (TPSA) is 35.5 Å². The van der Waals surface area contributed by atoms with Crippen molar-refractivity contribution in [2.75, 3.05) is 13.2 Å². The highest BCUT2D eigenvalue weighted by Gasteiger charge is 1.99. The second-order valence-electron chi connectivity index (χ2n) is 3.03. The zero-order valence-electron chi connectivity index (χ0n) is 9.97. The van der Waals surface area contributed by atoms with Crippen LogP contribution >= 0.6 is 0 Å². The van der Waals surface area contributed by atoms with Crippen LogP contribution in [0.1, 0.15) is 39.5 Å². The molecule has 0 spiro atoms. The number of hydrogen-bond donors (Lipinski definition) is 0. The monoisotopic (exact) mass is 222 g/mol. The predicted octanol–water partition coefficient (Wildman–Crippen LogP) is 2.75. The van der Waals surface area contributed by atoms with E-state index >= 15 is 0 Å². The molecule has 0 unspecified atom stereocenters. The van der Waals surface area contributed by atoms with Gasteiger partial charge in [-0.25, -0.2) is 4.79 Å². The molecule has 16 heavy (non-hydrogen) atoms. The molecule has 0 aliphatic carbocycles. The maximum Gasteiger partial charge on any atom is 0.510 e. The summed E-state index contributed by atoms with van der Waals surface area (Å²) in [6.45, 7) is 4.25. The van der Waals surface area contributed by atoms with Crippen molar-refractivity contribution in [1.82, 2.24) is 0 Å². The van der Waals surface area contributed by atoms with Crippen LogP contribution in [-0.4, -0.2) is 19.4 Å². The molecule has 0 bridgehead atoms. The van der Waals surface area contributed by atoms with E-state index in [0.29, 0.717) is 0 Å². The van der Waals surface area contributed by atoms with Gasteiger partial charge in [0.2, 0.25) is 0 Å². The van der Waals surface area contributed by atoms with Crippen LogP contribution in [0.3, 0.4) is 0 Å². The van der Waals surface area contributed by atoms with Gasteiger partial charge in [0, 0.05) is 12.8 Å². The lowest BCUT2D eigenvalue weighted by molar-refractivity contribution is 0.0745. The van der Waals surface area contributed by atoms with Gasteiger partial charge in [-0.05, 0) is 12.8 Å². The van der Waals surface area contributed by atoms with Crippen molar-refractivity contribution in [3.63, 3.8) is 0 Å². The standard InChI is InChI=1S/C13H18O3/c1-3-5-7-9-11-15-13(14)16-12-10-8-6-4-2/h3-6,11-12H2,1-2H3. The third kappa shape index (κ3) is 10.5. The van der Waals surface area contributed by atoms with Crippen molar-refractivity contribution in [3.8, 4) is 23.7 Å². The van der Waals surface area contributed by atoms with Gasteiger partial charge in [0.25, 0.3) is 0 Å². The van der Waals surface area contributed by atoms with E-state index in [9.17, 15) is 4.79 Å². The summed E-state index contributed by atoms with van der Waals surface area (Å²) in [6, 6.07) is 0. The third-order valence-corrected chi connectivity index (χ3v) is 1.52. The Labute approximate surface area is 97.5 Å². The number of rotatable bonds is 4.